The molecule has 2 aliphatic carbocycles. The highest BCUT2D eigenvalue weighted by Crippen LogP contribution is 2.55. The number of aromatic nitrogens is 1. The van der Waals surface area contributed by atoms with Crippen LogP contribution in [0.4, 0.5) is 0 Å². The number of carboxylic acid groups (broad SMARTS) is 1. The molecule has 3 aromatic rings. The third kappa shape index (κ3) is 5.08. The van der Waals surface area contributed by atoms with E-state index < -0.39 is 12.0 Å². The summed E-state index contributed by atoms with van der Waals surface area (Å²) >= 11 is 19.7. The lowest BCUT2D eigenvalue weighted by Crippen LogP contribution is -2.18. The molecule has 3 unspecified atom stereocenters. The van der Waals surface area contributed by atoms with E-state index in [9.17, 15) is 9.90 Å². The van der Waals surface area contributed by atoms with Gasteiger partial charge in [-0.1, -0.05) is 56.8 Å². The van der Waals surface area contributed by atoms with Gasteiger partial charge in [-0.05, 0) is 74.0 Å². The highest BCUT2D eigenvalue weighted by atomic mass is 35.5. The Morgan fingerprint density at radius 2 is 1.87 bits per heavy atom. The normalized spacial score (nSPS) is 22.2. The summed E-state index contributed by atoms with van der Waals surface area (Å²) in [6, 6.07) is 10.3. The molecule has 3 aliphatic rings. The first-order valence-corrected chi connectivity index (χ1v) is 14.2. The maximum atomic E-state index is 11.5. The third-order valence-corrected chi connectivity index (χ3v) is 8.43. The lowest BCUT2D eigenvalue weighted by Gasteiger charge is -2.11. The summed E-state index contributed by atoms with van der Waals surface area (Å²) in [5.74, 6) is 1.22. The first kappa shape index (κ1) is 26.4. The van der Waals surface area contributed by atoms with E-state index in [2.05, 4.69) is 10.3 Å². The summed E-state index contributed by atoms with van der Waals surface area (Å²) in [6.45, 7) is 4.25. The molecule has 0 bridgehead atoms. The Labute approximate surface area is 241 Å². The number of allylic oxidation sites excluding steroid dienone is 1. The minimum Gasteiger partial charge on any atom is -0.489 e. The van der Waals surface area contributed by atoms with E-state index in [0.29, 0.717) is 38.0 Å². The van der Waals surface area contributed by atoms with Crippen LogP contribution in [-0.4, -0.2) is 33.0 Å². The van der Waals surface area contributed by atoms with Crippen molar-refractivity contribution < 1.29 is 23.9 Å². The Morgan fingerprint density at radius 3 is 2.51 bits per heavy atom. The zero-order chi connectivity index (χ0) is 27.4. The Morgan fingerprint density at radius 1 is 1.13 bits per heavy atom. The molecule has 39 heavy (non-hydrogen) atoms. The molecule has 10 heteroatoms. The summed E-state index contributed by atoms with van der Waals surface area (Å²) in [5.41, 5.74) is 4.06. The Balaban J connectivity index is 1.20. The molecule has 2 fully saturated rings. The molecule has 0 spiro atoms. The van der Waals surface area contributed by atoms with Gasteiger partial charge < -0.3 is 14.4 Å². The van der Waals surface area contributed by atoms with E-state index in [0.717, 1.165) is 41.8 Å². The largest absolute Gasteiger partial charge is 0.489 e. The zero-order valence-corrected chi connectivity index (χ0v) is 23.7. The lowest BCUT2D eigenvalue weighted by atomic mass is 10.0. The second-order valence-corrected chi connectivity index (χ2v) is 11.8. The maximum absolute atomic E-state index is 11.5. The van der Waals surface area contributed by atoms with Gasteiger partial charge in [0.1, 0.15) is 23.8 Å². The summed E-state index contributed by atoms with van der Waals surface area (Å²) in [4.78, 5) is 11.5. The van der Waals surface area contributed by atoms with Crippen LogP contribution >= 0.6 is 34.8 Å². The highest BCUT2D eigenvalue weighted by molar-refractivity contribution is 6.39. The lowest BCUT2D eigenvalue weighted by molar-refractivity contribution is -0.576. The van der Waals surface area contributed by atoms with E-state index in [-0.39, 0.29) is 24.5 Å². The SMILES string of the molecule is CC(C)[N+]1=NC(C(=O)O)C=C1C1CC1c1ccc(OCc2c(-c3c(Cl)cccc3Cl)noc2C2CC2)cc1Cl. The molecule has 2 saturated carbocycles. The van der Waals surface area contributed by atoms with Crippen molar-refractivity contribution in [2.75, 3.05) is 0 Å². The van der Waals surface area contributed by atoms with Crippen molar-refractivity contribution in [2.45, 2.75) is 63.6 Å². The fraction of sp³-hybridized carbons (Fsp3) is 0.379. The van der Waals surface area contributed by atoms with E-state index in [1.165, 1.54) is 0 Å². The van der Waals surface area contributed by atoms with Crippen LogP contribution in [-0.2, 0) is 11.4 Å². The predicted octanol–water partition coefficient (Wildman–Crippen LogP) is 8.09. The molecule has 6 rings (SSSR count). The van der Waals surface area contributed by atoms with Crippen molar-refractivity contribution >= 4 is 40.8 Å². The number of hydrogen-bond donors (Lipinski definition) is 1. The van der Waals surface area contributed by atoms with Crippen LogP contribution in [0.3, 0.4) is 0 Å². The molecule has 0 saturated heterocycles. The average molecular weight is 588 g/mol. The molecule has 2 heterocycles. The van der Waals surface area contributed by atoms with E-state index in [4.69, 9.17) is 44.1 Å². The number of nitrogens with zero attached hydrogens (tertiary/aromatic N) is 3. The zero-order valence-electron chi connectivity index (χ0n) is 21.4. The number of halogens is 3. The number of aliphatic carboxylic acids is 1. The summed E-state index contributed by atoms with van der Waals surface area (Å²) in [5, 5.41) is 19.8. The Bertz CT molecular complexity index is 1510. The van der Waals surface area contributed by atoms with Crippen molar-refractivity contribution in [3.63, 3.8) is 0 Å². The minimum atomic E-state index is -0.940. The van der Waals surface area contributed by atoms with Crippen LogP contribution in [0.15, 0.2) is 57.8 Å². The van der Waals surface area contributed by atoms with Gasteiger partial charge in [0, 0.05) is 22.6 Å². The standard InChI is InChI=1S/C29H26Cl3N3O4/c1-14(2)35-25(12-24(33-35)29(36)37)19-11-18(19)17-9-8-16(10-23(17)32)38-13-20-27(34-39-28(20)15-6-7-15)26-21(30)4-3-5-22(26)31/h3-5,8-10,12,14-15,18-19,24H,6-7,11,13H2,1-2H3/p+1. The third-order valence-electron chi connectivity index (χ3n) is 7.48. The van der Waals surface area contributed by atoms with Gasteiger partial charge in [0.05, 0.1) is 21.5 Å². The summed E-state index contributed by atoms with van der Waals surface area (Å²) < 4.78 is 13.8. The number of benzene rings is 2. The maximum Gasteiger partial charge on any atom is 0.339 e. The summed E-state index contributed by atoms with van der Waals surface area (Å²) in [7, 11) is 0. The van der Waals surface area contributed by atoms with E-state index >= 15 is 0 Å². The molecular weight excluding hydrogens is 561 g/mol. The van der Waals surface area contributed by atoms with Crippen molar-refractivity contribution in [1.82, 2.24) is 5.16 Å². The quantitative estimate of drug-likeness (QED) is 0.256. The Hall–Kier alpha value is -2.87. The number of carboxylic acids is 1. The molecule has 0 amide bonds. The number of ether oxygens (including phenoxy) is 1. The molecule has 1 aromatic heterocycles. The van der Waals surface area contributed by atoms with Gasteiger partial charge in [-0.25, -0.2) is 4.79 Å². The average Bonchev–Trinajstić information content (AvgIpc) is 3.80. The number of carbonyl (C=O) groups is 1. The van der Waals surface area contributed by atoms with Crippen LogP contribution in [0.25, 0.3) is 11.3 Å². The van der Waals surface area contributed by atoms with Gasteiger partial charge in [-0.3, -0.25) is 0 Å². The second kappa shape index (κ2) is 10.3. The van der Waals surface area contributed by atoms with E-state index in [1.807, 2.05) is 36.7 Å². The van der Waals surface area contributed by atoms with Crippen molar-refractivity contribution in [2.24, 2.45) is 11.0 Å². The monoisotopic (exact) mass is 586 g/mol. The fourth-order valence-corrected chi connectivity index (χ4v) is 6.17. The van der Waals surface area contributed by atoms with Crippen LogP contribution < -0.4 is 4.74 Å². The molecule has 1 N–H and O–H groups in total. The number of azo groups is 2. The molecule has 202 valence electrons. The van der Waals surface area contributed by atoms with Gasteiger partial charge in [-0.15, -0.1) is 0 Å². The topological polar surface area (TPSA) is 87.9 Å². The van der Waals surface area contributed by atoms with Gasteiger partial charge in [0.2, 0.25) is 11.7 Å². The fourth-order valence-electron chi connectivity index (χ4n) is 5.29. The molecule has 0 radical (unpaired) electrons. The van der Waals surface area contributed by atoms with Crippen molar-refractivity contribution in [1.29, 1.82) is 0 Å². The summed E-state index contributed by atoms with van der Waals surface area (Å²) in [6.07, 6.45) is 4.75. The number of hydrogen-bond acceptors (Lipinski definition) is 5. The molecule has 1 aliphatic heterocycles. The number of rotatable bonds is 9. The van der Waals surface area contributed by atoms with Crippen molar-refractivity contribution in [3.8, 4) is 17.0 Å². The van der Waals surface area contributed by atoms with Crippen LogP contribution in [0.2, 0.25) is 15.1 Å². The van der Waals surface area contributed by atoms with Crippen LogP contribution in [0, 0.1) is 5.92 Å². The molecular formula is C29H27Cl3N3O4+. The second-order valence-electron chi connectivity index (χ2n) is 10.6. The van der Waals surface area contributed by atoms with Crippen molar-refractivity contribution in [3.05, 3.63) is 80.1 Å². The van der Waals surface area contributed by atoms with Gasteiger partial charge in [-0.2, -0.15) is 0 Å². The smallest absolute Gasteiger partial charge is 0.339 e. The molecule has 2 aromatic carbocycles. The first-order chi connectivity index (χ1) is 18.7. The minimum absolute atomic E-state index is 0.0802. The van der Waals surface area contributed by atoms with Crippen LogP contribution in [0.1, 0.15) is 61.8 Å². The first-order valence-electron chi connectivity index (χ1n) is 13.0. The Kier molecular flexibility index (Phi) is 6.94. The van der Waals surface area contributed by atoms with Gasteiger partial charge >= 0.3 is 5.97 Å². The van der Waals surface area contributed by atoms with Crippen LogP contribution in [0.5, 0.6) is 5.75 Å². The van der Waals surface area contributed by atoms with E-state index in [1.54, 1.807) is 24.3 Å². The molecule has 7 nitrogen and oxygen atoms in total. The van der Waals surface area contributed by atoms with Gasteiger partial charge in [0.25, 0.3) is 0 Å². The predicted molar refractivity (Wildman–Crippen MR) is 148 cm³/mol. The van der Waals surface area contributed by atoms with Gasteiger partial charge in [0.15, 0.2) is 6.04 Å². The highest BCUT2D eigenvalue weighted by Gasteiger charge is 2.51. The molecule has 3 atom stereocenters.